The van der Waals surface area contributed by atoms with Crippen molar-refractivity contribution in [2.24, 2.45) is 5.41 Å². The van der Waals surface area contributed by atoms with E-state index in [4.69, 9.17) is 9.84 Å². The van der Waals surface area contributed by atoms with E-state index in [0.29, 0.717) is 6.42 Å². The van der Waals surface area contributed by atoms with Crippen LogP contribution < -0.4 is 11.2 Å². The largest absolute Gasteiger partial charge is 0.477 e. The minimum Gasteiger partial charge on any atom is -0.477 e. The summed E-state index contributed by atoms with van der Waals surface area (Å²) in [7, 11) is 1.60. The Morgan fingerprint density at radius 3 is 2.63 bits per heavy atom. The first kappa shape index (κ1) is 13.5. The van der Waals surface area contributed by atoms with Gasteiger partial charge in [0.25, 0.3) is 5.56 Å². The second kappa shape index (κ2) is 4.34. The zero-order valence-electron chi connectivity index (χ0n) is 11.0. The quantitative estimate of drug-likeness (QED) is 0.816. The van der Waals surface area contributed by atoms with Crippen molar-refractivity contribution >= 4 is 5.97 Å². The summed E-state index contributed by atoms with van der Waals surface area (Å²) in [6.45, 7) is 3.88. The molecule has 1 aromatic heterocycles. The molecule has 1 aromatic rings. The van der Waals surface area contributed by atoms with Crippen LogP contribution in [0, 0.1) is 5.41 Å². The van der Waals surface area contributed by atoms with Crippen LogP contribution in [0.15, 0.2) is 15.8 Å². The van der Waals surface area contributed by atoms with E-state index < -0.39 is 22.8 Å². The van der Waals surface area contributed by atoms with E-state index in [-0.39, 0.29) is 17.6 Å². The molecule has 2 atom stereocenters. The molecule has 0 radical (unpaired) electrons. The van der Waals surface area contributed by atoms with Gasteiger partial charge in [0.1, 0.15) is 5.56 Å². The lowest BCUT2D eigenvalue weighted by Gasteiger charge is -2.51. The molecule has 0 amide bonds. The first-order chi connectivity index (χ1) is 8.78. The van der Waals surface area contributed by atoms with Crippen molar-refractivity contribution in [3.63, 3.8) is 0 Å². The predicted molar refractivity (Wildman–Crippen MR) is 66.5 cm³/mol. The minimum absolute atomic E-state index is 0.00426. The Bertz CT molecular complexity index is 628. The van der Waals surface area contributed by atoms with Crippen molar-refractivity contribution < 1.29 is 14.6 Å². The Labute approximate surface area is 108 Å². The Kier molecular flexibility index (Phi) is 3.09. The maximum absolute atomic E-state index is 11.8. The Morgan fingerprint density at radius 1 is 1.53 bits per heavy atom. The number of hydrogen-bond acceptors (Lipinski definition) is 4. The Morgan fingerprint density at radius 2 is 2.16 bits per heavy atom. The molecule has 1 aliphatic carbocycles. The monoisotopic (exact) mass is 268 g/mol. The second-order valence-corrected chi connectivity index (χ2v) is 5.31. The number of carboxylic acids is 1. The number of ether oxygens (including phenoxy) is 1. The highest BCUT2D eigenvalue weighted by atomic mass is 16.5. The van der Waals surface area contributed by atoms with Crippen LogP contribution in [0.1, 0.15) is 36.7 Å². The summed E-state index contributed by atoms with van der Waals surface area (Å²) in [5.41, 5.74) is -2.21. The number of aromatic amines is 1. The van der Waals surface area contributed by atoms with Gasteiger partial charge in [-0.1, -0.05) is 13.8 Å². The van der Waals surface area contributed by atoms with Crippen LogP contribution in [0.25, 0.3) is 0 Å². The summed E-state index contributed by atoms with van der Waals surface area (Å²) in [4.78, 5) is 36.2. The molecule has 1 aliphatic rings. The lowest BCUT2D eigenvalue weighted by Crippen LogP contribution is -2.54. The van der Waals surface area contributed by atoms with Crippen LogP contribution in [-0.2, 0) is 4.74 Å². The van der Waals surface area contributed by atoms with Crippen molar-refractivity contribution in [2.75, 3.05) is 7.11 Å². The summed E-state index contributed by atoms with van der Waals surface area (Å²) in [5.74, 6) is -1.35. The highest BCUT2D eigenvalue weighted by molar-refractivity contribution is 5.86. The van der Waals surface area contributed by atoms with Gasteiger partial charge in [-0.25, -0.2) is 9.59 Å². The molecule has 0 spiro atoms. The summed E-state index contributed by atoms with van der Waals surface area (Å²) in [6, 6.07) is -0.195. The molecule has 1 saturated carbocycles. The third kappa shape index (κ3) is 1.99. The van der Waals surface area contributed by atoms with Gasteiger partial charge in [-0.3, -0.25) is 14.3 Å². The van der Waals surface area contributed by atoms with E-state index in [0.717, 1.165) is 6.20 Å². The van der Waals surface area contributed by atoms with Gasteiger partial charge in [-0.15, -0.1) is 0 Å². The number of H-pyrrole nitrogens is 1. The third-order valence-electron chi connectivity index (χ3n) is 3.94. The number of aromatic carboxylic acids is 1. The SMILES string of the molecule is COC1CC(n2cc(C(=O)O)c(=O)[nH]c2=O)C1(C)C. The van der Waals surface area contributed by atoms with Gasteiger partial charge in [0, 0.05) is 24.8 Å². The van der Waals surface area contributed by atoms with Crippen LogP contribution in [0.3, 0.4) is 0 Å². The zero-order chi connectivity index (χ0) is 14.4. The molecule has 0 aliphatic heterocycles. The van der Waals surface area contributed by atoms with Crippen molar-refractivity contribution in [3.05, 3.63) is 32.6 Å². The first-order valence-corrected chi connectivity index (χ1v) is 5.90. The zero-order valence-corrected chi connectivity index (χ0v) is 11.0. The molecule has 2 unspecified atom stereocenters. The average Bonchev–Trinajstić information content (AvgIpc) is 2.30. The molecule has 0 saturated heterocycles. The molecular weight excluding hydrogens is 252 g/mol. The van der Waals surface area contributed by atoms with Crippen LogP contribution in [0.5, 0.6) is 0 Å². The third-order valence-corrected chi connectivity index (χ3v) is 3.94. The lowest BCUT2D eigenvalue weighted by atomic mass is 9.64. The van der Waals surface area contributed by atoms with E-state index >= 15 is 0 Å². The molecule has 2 rings (SSSR count). The highest BCUT2D eigenvalue weighted by Gasteiger charge is 2.50. The van der Waals surface area contributed by atoms with E-state index in [1.807, 2.05) is 18.8 Å². The van der Waals surface area contributed by atoms with Gasteiger partial charge in [0.2, 0.25) is 0 Å². The van der Waals surface area contributed by atoms with E-state index in [1.54, 1.807) is 7.11 Å². The topological polar surface area (TPSA) is 101 Å². The van der Waals surface area contributed by atoms with Crippen LogP contribution in [-0.4, -0.2) is 33.8 Å². The summed E-state index contributed by atoms with van der Waals surface area (Å²) >= 11 is 0. The number of aromatic nitrogens is 2. The fraction of sp³-hybridized carbons (Fsp3) is 0.583. The van der Waals surface area contributed by atoms with Crippen molar-refractivity contribution in [1.82, 2.24) is 9.55 Å². The average molecular weight is 268 g/mol. The fourth-order valence-corrected chi connectivity index (χ4v) is 2.61. The lowest BCUT2D eigenvalue weighted by molar-refractivity contribution is -0.114. The van der Waals surface area contributed by atoms with Gasteiger partial charge in [-0.2, -0.15) is 0 Å². The van der Waals surface area contributed by atoms with E-state index in [9.17, 15) is 14.4 Å². The van der Waals surface area contributed by atoms with Crippen LogP contribution >= 0.6 is 0 Å². The molecule has 7 nitrogen and oxygen atoms in total. The molecule has 19 heavy (non-hydrogen) atoms. The number of rotatable bonds is 3. The van der Waals surface area contributed by atoms with Crippen LogP contribution in [0.2, 0.25) is 0 Å². The van der Waals surface area contributed by atoms with E-state index in [2.05, 4.69) is 0 Å². The van der Waals surface area contributed by atoms with Crippen molar-refractivity contribution in [1.29, 1.82) is 0 Å². The number of carboxylic acid groups (broad SMARTS) is 1. The highest BCUT2D eigenvalue weighted by Crippen LogP contribution is 2.50. The van der Waals surface area contributed by atoms with Crippen molar-refractivity contribution in [3.8, 4) is 0 Å². The molecular formula is C12H16N2O5. The van der Waals surface area contributed by atoms with Gasteiger partial charge in [-0.05, 0) is 6.42 Å². The van der Waals surface area contributed by atoms with Gasteiger partial charge < -0.3 is 9.84 Å². The van der Waals surface area contributed by atoms with Gasteiger partial charge >= 0.3 is 11.7 Å². The Hall–Kier alpha value is -1.89. The van der Waals surface area contributed by atoms with Crippen LogP contribution in [0.4, 0.5) is 0 Å². The number of nitrogens with one attached hydrogen (secondary N) is 1. The predicted octanol–water partition coefficient (Wildman–Crippen LogP) is 0.221. The van der Waals surface area contributed by atoms with E-state index in [1.165, 1.54) is 4.57 Å². The van der Waals surface area contributed by atoms with Gasteiger partial charge in [0.05, 0.1) is 6.10 Å². The maximum Gasteiger partial charge on any atom is 0.342 e. The molecule has 0 aromatic carbocycles. The molecule has 0 bridgehead atoms. The molecule has 1 heterocycles. The molecule has 104 valence electrons. The number of carbonyl (C=O) groups is 1. The molecule has 7 heteroatoms. The summed E-state index contributed by atoms with van der Waals surface area (Å²) < 4.78 is 6.57. The van der Waals surface area contributed by atoms with Gasteiger partial charge in [0.15, 0.2) is 0 Å². The maximum atomic E-state index is 11.8. The second-order valence-electron chi connectivity index (χ2n) is 5.31. The molecule has 2 N–H and O–H groups in total. The summed E-state index contributed by atoms with van der Waals surface area (Å²) in [5, 5.41) is 8.92. The minimum atomic E-state index is -1.35. The fourth-order valence-electron chi connectivity index (χ4n) is 2.61. The standard InChI is InChI=1S/C12H16N2O5/c1-12(2)7(4-8(12)19-3)14-5-6(10(16)17)9(15)13-11(14)18/h5,7-8H,4H2,1-3H3,(H,16,17)(H,13,15,18). The normalized spacial score (nSPS) is 24.8. The number of nitrogens with zero attached hydrogens (tertiary/aromatic N) is 1. The smallest absolute Gasteiger partial charge is 0.342 e. The summed E-state index contributed by atoms with van der Waals surface area (Å²) in [6.07, 6.45) is 1.72. The van der Waals surface area contributed by atoms with Crippen molar-refractivity contribution in [2.45, 2.75) is 32.4 Å². The number of hydrogen-bond donors (Lipinski definition) is 2. The Balaban J connectivity index is 2.48. The first-order valence-electron chi connectivity index (χ1n) is 5.90. The molecule has 1 fully saturated rings. The number of methoxy groups -OCH3 is 1.